The number of fused-ring (bicyclic) bond motifs is 1. The smallest absolute Gasteiger partial charge is 0.179 e. The van der Waals surface area contributed by atoms with Crippen LogP contribution in [-0.2, 0) is 16.4 Å². The number of sulfone groups is 1. The molecule has 2 rings (SSSR count). The van der Waals surface area contributed by atoms with Gasteiger partial charge in [-0.3, -0.25) is 4.90 Å². The van der Waals surface area contributed by atoms with Gasteiger partial charge >= 0.3 is 0 Å². The van der Waals surface area contributed by atoms with Crippen molar-refractivity contribution in [3.05, 3.63) is 23.8 Å². The molecule has 0 radical (unpaired) electrons. The summed E-state index contributed by atoms with van der Waals surface area (Å²) in [5.74, 6) is 0.192. The van der Waals surface area contributed by atoms with E-state index in [-0.39, 0.29) is 5.75 Å². The van der Waals surface area contributed by atoms with E-state index in [1.807, 2.05) is 6.92 Å². The SMILES string of the molecule is CCN1CCS(=O)(=O)c2ccc(N)cc2C1. The summed E-state index contributed by atoms with van der Waals surface area (Å²) >= 11 is 0. The van der Waals surface area contributed by atoms with E-state index < -0.39 is 9.84 Å². The van der Waals surface area contributed by atoms with Crippen LogP contribution < -0.4 is 5.73 Å². The molecule has 88 valence electrons. The first-order valence-electron chi connectivity index (χ1n) is 5.36. The van der Waals surface area contributed by atoms with Gasteiger partial charge < -0.3 is 5.73 Å². The zero-order chi connectivity index (χ0) is 11.8. The van der Waals surface area contributed by atoms with Crippen LogP contribution in [0.4, 0.5) is 5.69 Å². The Morgan fingerprint density at radius 3 is 2.88 bits per heavy atom. The molecule has 16 heavy (non-hydrogen) atoms. The summed E-state index contributed by atoms with van der Waals surface area (Å²) in [4.78, 5) is 2.56. The van der Waals surface area contributed by atoms with Crippen LogP contribution in [0, 0.1) is 0 Å². The van der Waals surface area contributed by atoms with Crippen molar-refractivity contribution >= 4 is 15.5 Å². The lowest BCUT2D eigenvalue weighted by Crippen LogP contribution is -2.25. The third kappa shape index (κ3) is 2.05. The molecule has 2 N–H and O–H groups in total. The molecule has 1 aliphatic heterocycles. The van der Waals surface area contributed by atoms with Crippen molar-refractivity contribution in [2.24, 2.45) is 0 Å². The summed E-state index contributed by atoms with van der Waals surface area (Å²) in [5.41, 5.74) is 7.13. The molecule has 1 aromatic carbocycles. The van der Waals surface area contributed by atoms with Crippen LogP contribution in [0.1, 0.15) is 12.5 Å². The second-order valence-corrected chi connectivity index (χ2v) is 6.13. The maximum Gasteiger partial charge on any atom is 0.179 e. The van der Waals surface area contributed by atoms with Crippen molar-refractivity contribution in [1.82, 2.24) is 4.90 Å². The average Bonchev–Trinajstić information content (AvgIpc) is 2.35. The number of nitrogen functional groups attached to an aromatic ring is 1. The Morgan fingerprint density at radius 1 is 1.44 bits per heavy atom. The number of anilines is 1. The van der Waals surface area contributed by atoms with Crippen molar-refractivity contribution in [2.75, 3.05) is 24.6 Å². The topological polar surface area (TPSA) is 63.4 Å². The number of rotatable bonds is 1. The maximum atomic E-state index is 12.0. The minimum Gasteiger partial charge on any atom is -0.399 e. The van der Waals surface area contributed by atoms with E-state index in [1.165, 1.54) is 0 Å². The first-order chi connectivity index (χ1) is 7.53. The molecule has 0 saturated carbocycles. The Labute approximate surface area is 96.0 Å². The molecule has 0 aliphatic carbocycles. The lowest BCUT2D eigenvalue weighted by atomic mass is 10.2. The van der Waals surface area contributed by atoms with Gasteiger partial charge in [-0.2, -0.15) is 0 Å². The van der Waals surface area contributed by atoms with Crippen molar-refractivity contribution < 1.29 is 8.42 Å². The molecule has 0 fully saturated rings. The van der Waals surface area contributed by atoms with Crippen LogP contribution in [0.3, 0.4) is 0 Å². The molecule has 0 unspecified atom stereocenters. The third-order valence-corrected chi connectivity index (χ3v) is 4.73. The Hall–Kier alpha value is -1.07. The third-order valence-electron chi connectivity index (χ3n) is 2.94. The average molecular weight is 240 g/mol. The van der Waals surface area contributed by atoms with Crippen LogP contribution in [0.15, 0.2) is 23.1 Å². The maximum absolute atomic E-state index is 12.0. The number of benzene rings is 1. The lowest BCUT2D eigenvalue weighted by Gasteiger charge is -2.16. The normalized spacial score (nSPS) is 20.1. The van der Waals surface area contributed by atoms with Crippen molar-refractivity contribution in [3.8, 4) is 0 Å². The van der Waals surface area contributed by atoms with Gasteiger partial charge in [-0.25, -0.2) is 8.42 Å². The Balaban J connectivity index is 2.53. The molecular formula is C11H16N2O2S. The number of nitrogens with zero attached hydrogens (tertiary/aromatic N) is 1. The first kappa shape index (κ1) is 11.4. The minimum atomic E-state index is -3.14. The number of hydrogen-bond acceptors (Lipinski definition) is 4. The lowest BCUT2D eigenvalue weighted by molar-refractivity contribution is 0.298. The van der Waals surface area contributed by atoms with Gasteiger partial charge in [0.1, 0.15) is 0 Å². The molecule has 1 aromatic rings. The number of nitrogens with two attached hydrogens (primary N) is 1. The highest BCUT2D eigenvalue weighted by Gasteiger charge is 2.24. The van der Waals surface area contributed by atoms with Gasteiger partial charge in [-0.15, -0.1) is 0 Å². The van der Waals surface area contributed by atoms with Gasteiger partial charge in [0.05, 0.1) is 10.6 Å². The molecule has 1 heterocycles. The van der Waals surface area contributed by atoms with Crippen molar-refractivity contribution in [2.45, 2.75) is 18.4 Å². The summed E-state index contributed by atoms with van der Waals surface area (Å²) in [5, 5.41) is 0. The predicted octanol–water partition coefficient (Wildman–Crippen LogP) is 0.878. The monoisotopic (exact) mass is 240 g/mol. The summed E-state index contributed by atoms with van der Waals surface area (Å²) in [6, 6.07) is 5.04. The van der Waals surface area contributed by atoms with Crippen molar-refractivity contribution in [1.29, 1.82) is 0 Å². The van der Waals surface area contributed by atoms with Crippen LogP contribution in [-0.4, -0.2) is 32.2 Å². The molecule has 0 amide bonds. The van der Waals surface area contributed by atoms with Gasteiger partial charge in [0.15, 0.2) is 9.84 Å². The van der Waals surface area contributed by atoms with E-state index in [0.717, 1.165) is 12.1 Å². The van der Waals surface area contributed by atoms with E-state index >= 15 is 0 Å². The zero-order valence-corrected chi connectivity index (χ0v) is 10.1. The second-order valence-electron chi connectivity index (χ2n) is 4.05. The van der Waals surface area contributed by atoms with Gasteiger partial charge in [-0.05, 0) is 30.3 Å². The van der Waals surface area contributed by atoms with Crippen LogP contribution in [0.2, 0.25) is 0 Å². The Kier molecular flexibility index (Phi) is 2.90. The van der Waals surface area contributed by atoms with Gasteiger partial charge in [-0.1, -0.05) is 6.92 Å². The summed E-state index contributed by atoms with van der Waals surface area (Å²) < 4.78 is 24.0. The fourth-order valence-electron chi connectivity index (χ4n) is 1.98. The van der Waals surface area contributed by atoms with Crippen molar-refractivity contribution in [3.63, 3.8) is 0 Å². The van der Waals surface area contributed by atoms with E-state index in [0.29, 0.717) is 23.7 Å². The molecule has 5 heteroatoms. The molecule has 0 bridgehead atoms. The van der Waals surface area contributed by atoms with Crippen LogP contribution >= 0.6 is 0 Å². The fraction of sp³-hybridized carbons (Fsp3) is 0.455. The molecular weight excluding hydrogens is 224 g/mol. The van der Waals surface area contributed by atoms with E-state index in [1.54, 1.807) is 18.2 Å². The predicted molar refractivity (Wildman–Crippen MR) is 63.9 cm³/mol. The first-order valence-corrected chi connectivity index (χ1v) is 7.01. The standard InChI is InChI=1S/C11H16N2O2S/c1-2-13-5-6-16(14,15)11-4-3-10(12)7-9(11)8-13/h3-4,7H,2,5-6,8,12H2,1H3. The molecule has 1 aliphatic rings. The molecule has 4 nitrogen and oxygen atoms in total. The minimum absolute atomic E-state index is 0.192. The van der Waals surface area contributed by atoms with Gasteiger partial charge in [0.25, 0.3) is 0 Å². The quantitative estimate of drug-likeness (QED) is 0.740. The highest BCUT2D eigenvalue weighted by atomic mass is 32.2. The van der Waals surface area contributed by atoms with Gasteiger partial charge in [0.2, 0.25) is 0 Å². The number of hydrogen-bond donors (Lipinski definition) is 1. The summed E-state index contributed by atoms with van der Waals surface area (Å²) in [6.07, 6.45) is 0. The highest BCUT2D eigenvalue weighted by molar-refractivity contribution is 7.91. The molecule has 0 spiro atoms. The van der Waals surface area contributed by atoms with E-state index in [4.69, 9.17) is 5.73 Å². The molecule has 0 aromatic heterocycles. The van der Waals surface area contributed by atoms with E-state index in [9.17, 15) is 8.42 Å². The van der Waals surface area contributed by atoms with Crippen LogP contribution in [0.25, 0.3) is 0 Å². The second kappa shape index (κ2) is 4.07. The molecule has 0 atom stereocenters. The zero-order valence-electron chi connectivity index (χ0n) is 9.31. The highest BCUT2D eigenvalue weighted by Crippen LogP contribution is 2.24. The van der Waals surface area contributed by atoms with Crippen LogP contribution in [0.5, 0.6) is 0 Å². The van der Waals surface area contributed by atoms with E-state index in [2.05, 4.69) is 4.90 Å². The Bertz CT molecular complexity index is 497. The summed E-state index contributed by atoms with van der Waals surface area (Å²) in [7, 11) is -3.14. The largest absolute Gasteiger partial charge is 0.399 e. The Morgan fingerprint density at radius 2 is 2.19 bits per heavy atom. The summed E-state index contributed by atoms with van der Waals surface area (Å²) in [6.45, 7) is 4.14. The molecule has 0 saturated heterocycles. The fourth-order valence-corrected chi connectivity index (χ4v) is 3.49. The van der Waals surface area contributed by atoms with Gasteiger partial charge in [0, 0.05) is 18.8 Å².